The predicted octanol–water partition coefficient (Wildman–Crippen LogP) is 3.14. The lowest BCUT2D eigenvalue weighted by Crippen LogP contribution is -2.39. The minimum atomic E-state index is -0.912. The van der Waals surface area contributed by atoms with Crippen LogP contribution in [0.1, 0.15) is 25.1 Å². The van der Waals surface area contributed by atoms with Crippen molar-refractivity contribution in [3.63, 3.8) is 0 Å². The summed E-state index contributed by atoms with van der Waals surface area (Å²) in [5.41, 5.74) is 0. The monoisotopic (exact) mass is 345 g/mol. The number of carbonyl (C=O) groups is 2. The summed E-state index contributed by atoms with van der Waals surface area (Å²) in [7, 11) is 0. The van der Waals surface area contributed by atoms with E-state index in [1.807, 2.05) is 26.0 Å². The lowest BCUT2D eigenvalue weighted by molar-refractivity contribution is -0.138. The molecule has 0 spiro atoms. The summed E-state index contributed by atoms with van der Waals surface area (Å²) in [5.74, 6) is -1.11. The van der Waals surface area contributed by atoms with Gasteiger partial charge in [-0.3, -0.25) is 9.59 Å². The first kappa shape index (κ1) is 15.9. The van der Waals surface area contributed by atoms with Crippen LogP contribution in [0.15, 0.2) is 22.0 Å². The van der Waals surface area contributed by atoms with Gasteiger partial charge in [0.15, 0.2) is 0 Å². The maximum atomic E-state index is 11.7. The molecule has 0 aromatic carbocycles. The van der Waals surface area contributed by atoms with Gasteiger partial charge < -0.3 is 10.4 Å². The van der Waals surface area contributed by atoms with E-state index in [0.717, 1.165) is 8.66 Å². The van der Waals surface area contributed by atoms with Crippen LogP contribution >= 0.6 is 27.3 Å². The van der Waals surface area contributed by atoms with E-state index >= 15 is 0 Å². The van der Waals surface area contributed by atoms with Crippen molar-refractivity contribution in [1.82, 2.24) is 5.32 Å². The fraction of sp³-hybridized carbons (Fsp3) is 0.385. The van der Waals surface area contributed by atoms with Gasteiger partial charge in [-0.1, -0.05) is 13.8 Å². The van der Waals surface area contributed by atoms with E-state index in [0.29, 0.717) is 0 Å². The summed E-state index contributed by atoms with van der Waals surface area (Å²) < 4.78 is 0.999. The van der Waals surface area contributed by atoms with Crippen molar-refractivity contribution in [2.24, 2.45) is 5.92 Å². The molecule has 2 N–H and O–H groups in total. The highest BCUT2D eigenvalue weighted by atomic mass is 79.9. The Labute approximate surface area is 124 Å². The normalized spacial score (nSPS) is 12.8. The summed E-state index contributed by atoms with van der Waals surface area (Å²) in [4.78, 5) is 23.4. The number of hydrogen-bond acceptors (Lipinski definition) is 3. The van der Waals surface area contributed by atoms with E-state index in [4.69, 9.17) is 5.11 Å². The van der Waals surface area contributed by atoms with Gasteiger partial charge in [-0.05, 0) is 40.1 Å². The maximum absolute atomic E-state index is 11.7. The zero-order valence-electron chi connectivity index (χ0n) is 10.7. The highest BCUT2D eigenvalue weighted by Gasteiger charge is 2.18. The van der Waals surface area contributed by atoms with Crippen molar-refractivity contribution >= 4 is 45.2 Å². The van der Waals surface area contributed by atoms with Gasteiger partial charge in [0.1, 0.15) is 0 Å². The fourth-order valence-electron chi connectivity index (χ4n) is 1.45. The molecule has 6 heteroatoms. The number of hydrogen-bond donors (Lipinski definition) is 2. The second-order valence-electron chi connectivity index (χ2n) is 4.43. The molecule has 1 amide bonds. The van der Waals surface area contributed by atoms with Crippen LogP contribution in [0.2, 0.25) is 0 Å². The van der Waals surface area contributed by atoms with Crippen LogP contribution in [-0.2, 0) is 9.59 Å². The number of halogens is 1. The zero-order chi connectivity index (χ0) is 14.4. The number of aliphatic carboxylic acids is 1. The molecule has 0 fully saturated rings. The quantitative estimate of drug-likeness (QED) is 0.778. The van der Waals surface area contributed by atoms with Gasteiger partial charge in [0.2, 0.25) is 5.91 Å². The van der Waals surface area contributed by atoms with Crippen molar-refractivity contribution in [1.29, 1.82) is 0 Å². The maximum Gasteiger partial charge on any atom is 0.305 e. The van der Waals surface area contributed by atoms with Crippen molar-refractivity contribution in [3.05, 3.63) is 26.9 Å². The number of rotatable bonds is 6. The largest absolute Gasteiger partial charge is 0.481 e. The van der Waals surface area contributed by atoms with Gasteiger partial charge in [0, 0.05) is 17.0 Å². The average molecular weight is 346 g/mol. The Balaban J connectivity index is 2.57. The first-order valence-electron chi connectivity index (χ1n) is 5.84. The first-order chi connectivity index (χ1) is 8.88. The molecule has 1 atom stereocenters. The Morgan fingerprint density at radius 2 is 2.16 bits per heavy atom. The molecule has 19 heavy (non-hydrogen) atoms. The van der Waals surface area contributed by atoms with Gasteiger partial charge in [0.05, 0.1) is 10.2 Å². The molecule has 1 rings (SSSR count). The zero-order valence-corrected chi connectivity index (χ0v) is 13.1. The summed E-state index contributed by atoms with van der Waals surface area (Å²) in [6.07, 6.45) is 3.07. The Morgan fingerprint density at radius 3 is 2.63 bits per heavy atom. The van der Waals surface area contributed by atoms with Crippen molar-refractivity contribution in [2.75, 3.05) is 0 Å². The number of amides is 1. The molecule has 1 unspecified atom stereocenters. The SMILES string of the molecule is CC(C)C(CC(=O)O)NC(=O)/C=C/c1ccc(Br)s1. The van der Waals surface area contributed by atoms with E-state index in [1.165, 1.54) is 17.4 Å². The van der Waals surface area contributed by atoms with Gasteiger partial charge in [-0.15, -0.1) is 11.3 Å². The molecule has 0 aliphatic rings. The van der Waals surface area contributed by atoms with Crippen LogP contribution in [0.4, 0.5) is 0 Å². The molecule has 104 valence electrons. The summed E-state index contributed by atoms with van der Waals surface area (Å²) in [5, 5.41) is 11.5. The standard InChI is InChI=1S/C13H16BrNO3S/c1-8(2)10(7-13(17)18)15-12(16)6-4-9-3-5-11(14)19-9/h3-6,8,10H,7H2,1-2H3,(H,15,16)(H,17,18)/b6-4+. The minimum absolute atomic E-state index is 0.0677. The Kier molecular flexibility index (Phi) is 6.24. The topological polar surface area (TPSA) is 66.4 Å². The van der Waals surface area contributed by atoms with Crippen molar-refractivity contribution < 1.29 is 14.7 Å². The van der Waals surface area contributed by atoms with Gasteiger partial charge >= 0.3 is 5.97 Å². The molecule has 0 bridgehead atoms. The van der Waals surface area contributed by atoms with Crippen molar-refractivity contribution in [3.8, 4) is 0 Å². The van der Waals surface area contributed by atoms with Gasteiger partial charge in [-0.25, -0.2) is 0 Å². The number of carboxylic acid groups (broad SMARTS) is 1. The molecule has 0 saturated carbocycles. The third kappa shape index (κ3) is 6.02. The molecule has 1 heterocycles. The van der Waals surface area contributed by atoms with Gasteiger partial charge in [0.25, 0.3) is 0 Å². The molecule has 1 aromatic heterocycles. The molecule has 1 aromatic rings. The summed E-state index contributed by atoms with van der Waals surface area (Å²) in [6.45, 7) is 3.77. The third-order valence-electron chi connectivity index (χ3n) is 2.52. The number of carboxylic acids is 1. The van der Waals surface area contributed by atoms with Crippen molar-refractivity contribution in [2.45, 2.75) is 26.3 Å². The second-order valence-corrected chi connectivity index (χ2v) is 6.93. The summed E-state index contributed by atoms with van der Waals surface area (Å²) >= 11 is 4.87. The van der Waals surface area contributed by atoms with E-state index in [-0.39, 0.29) is 24.3 Å². The van der Waals surface area contributed by atoms with Crippen LogP contribution in [0.25, 0.3) is 6.08 Å². The van der Waals surface area contributed by atoms with E-state index < -0.39 is 5.97 Å². The smallest absolute Gasteiger partial charge is 0.305 e. The van der Waals surface area contributed by atoms with Crippen LogP contribution in [-0.4, -0.2) is 23.0 Å². The third-order valence-corrected chi connectivity index (χ3v) is 4.11. The fourth-order valence-corrected chi connectivity index (χ4v) is 2.77. The molecule has 0 radical (unpaired) electrons. The van der Waals surface area contributed by atoms with E-state index in [9.17, 15) is 9.59 Å². The highest BCUT2D eigenvalue weighted by molar-refractivity contribution is 9.11. The van der Waals surface area contributed by atoms with Crippen LogP contribution in [0, 0.1) is 5.92 Å². The Morgan fingerprint density at radius 1 is 1.47 bits per heavy atom. The molecular formula is C13H16BrNO3S. The molecule has 4 nitrogen and oxygen atoms in total. The highest BCUT2D eigenvalue weighted by Crippen LogP contribution is 2.22. The molecule has 0 aliphatic carbocycles. The lowest BCUT2D eigenvalue weighted by atomic mass is 10.0. The van der Waals surface area contributed by atoms with E-state index in [1.54, 1.807) is 6.08 Å². The Bertz CT molecular complexity index is 482. The number of carbonyl (C=O) groups excluding carboxylic acids is 1. The number of nitrogens with one attached hydrogen (secondary N) is 1. The molecule has 0 saturated heterocycles. The minimum Gasteiger partial charge on any atom is -0.481 e. The van der Waals surface area contributed by atoms with Gasteiger partial charge in [-0.2, -0.15) is 0 Å². The van der Waals surface area contributed by atoms with Crippen LogP contribution < -0.4 is 5.32 Å². The predicted molar refractivity (Wildman–Crippen MR) is 80.1 cm³/mol. The average Bonchev–Trinajstić information content (AvgIpc) is 2.71. The number of thiophene rings is 1. The summed E-state index contributed by atoms with van der Waals surface area (Å²) in [6, 6.07) is 3.45. The first-order valence-corrected chi connectivity index (χ1v) is 7.45. The molecular weight excluding hydrogens is 330 g/mol. The Hall–Kier alpha value is -1.14. The lowest BCUT2D eigenvalue weighted by Gasteiger charge is -2.19. The van der Waals surface area contributed by atoms with Crippen LogP contribution in [0.5, 0.6) is 0 Å². The molecule has 0 aliphatic heterocycles. The van der Waals surface area contributed by atoms with Crippen LogP contribution in [0.3, 0.4) is 0 Å². The van der Waals surface area contributed by atoms with E-state index in [2.05, 4.69) is 21.2 Å². The second kappa shape index (κ2) is 7.45.